The summed E-state index contributed by atoms with van der Waals surface area (Å²) < 4.78 is 10.3. The fraction of sp³-hybridized carbons (Fsp3) is 0.300. The lowest BCUT2D eigenvalue weighted by molar-refractivity contribution is -0.118. The Morgan fingerprint density at radius 1 is 1.17 bits per heavy atom. The molecule has 0 unspecified atom stereocenters. The van der Waals surface area contributed by atoms with E-state index >= 15 is 0 Å². The van der Waals surface area contributed by atoms with Crippen LogP contribution in [-0.2, 0) is 9.53 Å². The maximum Gasteiger partial charge on any atom is 0.340 e. The van der Waals surface area contributed by atoms with Gasteiger partial charge < -0.3 is 14.6 Å². The summed E-state index contributed by atoms with van der Waals surface area (Å²) in [5.74, 6) is 0.623. The molecule has 0 atom stereocenters. The first-order valence-electron chi connectivity index (χ1n) is 9.53. The lowest BCUT2D eigenvalue weighted by Gasteiger charge is -2.36. The van der Waals surface area contributed by atoms with Gasteiger partial charge in [-0.2, -0.15) is 4.98 Å². The molecule has 1 aliphatic rings. The number of benzene rings is 1. The van der Waals surface area contributed by atoms with Crippen molar-refractivity contribution in [3.63, 3.8) is 0 Å². The number of aromatic nitrogens is 4. The third kappa shape index (κ3) is 4.33. The van der Waals surface area contributed by atoms with E-state index in [1.807, 2.05) is 4.90 Å². The Balaban J connectivity index is 1.30. The number of nitrogens with zero attached hydrogens (tertiary/aromatic N) is 5. The van der Waals surface area contributed by atoms with E-state index in [0.29, 0.717) is 41.9 Å². The number of anilines is 1. The number of esters is 1. The quantitative estimate of drug-likeness (QED) is 0.582. The molecule has 1 aliphatic heterocycles. The molecule has 1 fully saturated rings. The molecule has 0 bridgehead atoms. The summed E-state index contributed by atoms with van der Waals surface area (Å²) in [7, 11) is 0. The summed E-state index contributed by atoms with van der Waals surface area (Å²) in [6, 6.07) is 8.48. The molecule has 10 heteroatoms. The smallest absolute Gasteiger partial charge is 0.340 e. The molecule has 30 heavy (non-hydrogen) atoms. The fourth-order valence-electron chi connectivity index (χ4n) is 3.13. The van der Waals surface area contributed by atoms with Gasteiger partial charge in [-0.25, -0.2) is 14.8 Å². The summed E-state index contributed by atoms with van der Waals surface area (Å²) >= 11 is 0. The highest BCUT2D eigenvalue weighted by molar-refractivity contribution is 6.01. The molecule has 0 saturated carbocycles. The van der Waals surface area contributed by atoms with Crippen molar-refractivity contribution in [1.29, 1.82) is 0 Å². The minimum atomic E-state index is -0.466. The molecule has 3 heterocycles. The van der Waals surface area contributed by atoms with Crippen molar-refractivity contribution in [3.05, 3.63) is 54.2 Å². The standard InChI is InChI=1S/C20H20N6O4/c1-2-29-20(28)14-6-3-4-7-15(14)23-16(27)12-26-10-13(11-26)19-24-18(25-30-19)17-21-8-5-9-22-17/h3-9,13H,2,10-12H2,1H3,(H,23,27). The molecular weight excluding hydrogens is 388 g/mol. The van der Waals surface area contributed by atoms with E-state index in [1.165, 1.54) is 0 Å². The first-order chi connectivity index (χ1) is 14.6. The third-order valence-corrected chi connectivity index (χ3v) is 4.58. The topological polar surface area (TPSA) is 123 Å². The van der Waals surface area contributed by atoms with E-state index in [9.17, 15) is 9.59 Å². The van der Waals surface area contributed by atoms with Crippen molar-refractivity contribution < 1.29 is 18.8 Å². The lowest BCUT2D eigenvalue weighted by atomic mass is 10.0. The SMILES string of the molecule is CCOC(=O)c1ccccc1NC(=O)CN1CC(c2nc(-c3ncccn3)no2)C1. The third-order valence-electron chi connectivity index (χ3n) is 4.58. The monoisotopic (exact) mass is 408 g/mol. The van der Waals surface area contributed by atoms with Gasteiger partial charge >= 0.3 is 5.97 Å². The largest absolute Gasteiger partial charge is 0.462 e. The molecule has 1 N–H and O–H groups in total. The predicted octanol–water partition coefficient (Wildman–Crippen LogP) is 1.74. The predicted molar refractivity (Wildman–Crippen MR) is 106 cm³/mol. The minimum Gasteiger partial charge on any atom is -0.462 e. The number of rotatable bonds is 7. The molecule has 0 spiro atoms. The average molecular weight is 408 g/mol. The van der Waals surface area contributed by atoms with Gasteiger partial charge in [0, 0.05) is 25.5 Å². The molecule has 1 saturated heterocycles. The zero-order chi connectivity index (χ0) is 20.9. The van der Waals surface area contributed by atoms with Crippen LogP contribution in [0, 0.1) is 0 Å². The van der Waals surface area contributed by atoms with Crippen molar-refractivity contribution >= 4 is 17.6 Å². The number of hydrogen-bond acceptors (Lipinski definition) is 9. The summed E-state index contributed by atoms with van der Waals surface area (Å²) in [6.07, 6.45) is 3.23. The van der Waals surface area contributed by atoms with Crippen LogP contribution >= 0.6 is 0 Å². The van der Waals surface area contributed by atoms with E-state index in [2.05, 4.69) is 25.4 Å². The summed E-state index contributed by atoms with van der Waals surface area (Å²) in [4.78, 5) is 38.9. The van der Waals surface area contributed by atoms with E-state index in [-0.39, 0.29) is 25.0 Å². The average Bonchev–Trinajstić information content (AvgIpc) is 3.21. The second-order valence-electron chi connectivity index (χ2n) is 6.73. The number of amides is 1. The number of para-hydroxylation sites is 1. The molecular formula is C20H20N6O4. The van der Waals surface area contributed by atoms with Crippen LogP contribution in [0.3, 0.4) is 0 Å². The van der Waals surface area contributed by atoms with Gasteiger partial charge in [-0.15, -0.1) is 0 Å². The van der Waals surface area contributed by atoms with Crippen molar-refractivity contribution in [2.45, 2.75) is 12.8 Å². The fourth-order valence-corrected chi connectivity index (χ4v) is 3.13. The normalized spacial score (nSPS) is 14.2. The summed E-state index contributed by atoms with van der Waals surface area (Å²) in [5, 5.41) is 6.70. The molecule has 2 aromatic heterocycles. The van der Waals surface area contributed by atoms with E-state index in [1.54, 1.807) is 49.6 Å². The highest BCUT2D eigenvalue weighted by Gasteiger charge is 2.34. The number of ether oxygens (including phenoxy) is 1. The zero-order valence-electron chi connectivity index (χ0n) is 16.3. The first-order valence-corrected chi connectivity index (χ1v) is 9.53. The lowest BCUT2D eigenvalue weighted by Crippen LogP contribution is -2.48. The Kier molecular flexibility index (Phi) is 5.75. The van der Waals surface area contributed by atoms with Gasteiger partial charge in [0.15, 0.2) is 0 Å². The van der Waals surface area contributed by atoms with Crippen molar-refractivity contribution in [2.75, 3.05) is 31.6 Å². The van der Waals surface area contributed by atoms with Crippen LogP contribution in [0.1, 0.15) is 29.1 Å². The van der Waals surface area contributed by atoms with Gasteiger partial charge in [-0.3, -0.25) is 9.69 Å². The number of carbonyl (C=O) groups excluding carboxylic acids is 2. The highest BCUT2D eigenvalue weighted by atomic mass is 16.5. The number of likely N-dealkylation sites (tertiary alicyclic amines) is 1. The van der Waals surface area contributed by atoms with Crippen molar-refractivity contribution in [1.82, 2.24) is 25.0 Å². The van der Waals surface area contributed by atoms with Crippen molar-refractivity contribution in [3.8, 4) is 11.6 Å². The number of hydrogen-bond donors (Lipinski definition) is 1. The maximum atomic E-state index is 12.4. The van der Waals surface area contributed by atoms with Crippen LogP contribution < -0.4 is 5.32 Å². The first kappa shape index (κ1) is 19.6. The van der Waals surface area contributed by atoms with Crippen LogP contribution in [0.5, 0.6) is 0 Å². The Labute approximate surface area is 172 Å². The van der Waals surface area contributed by atoms with Crippen molar-refractivity contribution in [2.24, 2.45) is 0 Å². The molecule has 3 aromatic rings. The van der Waals surface area contributed by atoms with Crippen LogP contribution in [0.2, 0.25) is 0 Å². The van der Waals surface area contributed by atoms with Crippen LogP contribution in [0.15, 0.2) is 47.2 Å². The minimum absolute atomic E-state index is 0.0505. The molecule has 4 rings (SSSR count). The Bertz CT molecular complexity index is 1030. The number of carbonyl (C=O) groups is 2. The Morgan fingerprint density at radius 2 is 1.93 bits per heavy atom. The maximum absolute atomic E-state index is 12.4. The molecule has 0 aliphatic carbocycles. The second-order valence-corrected chi connectivity index (χ2v) is 6.73. The van der Waals surface area contributed by atoms with E-state index in [0.717, 1.165) is 0 Å². The number of nitrogens with one attached hydrogen (secondary N) is 1. The zero-order valence-corrected chi connectivity index (χ0v) is 16.3. The highest BCUT2D eigenvalue weighted by Crippen LogP contribution is 2.26. The molecule has 0 radical (unpaired) electrons. The van der Waals surface area contributed by atoms with Gasteiger partial charge in [0.25, 0.3) is 0 Å². The van der Waals surface area contributed by atoms with Gasteiger partial charge in [0.05, 0.1) is 30.3 Å². The summed E-state index contributed by atoms with van der Waals surface area (Å²) in [5.41, 5.74) is 0.762. The van der Waals surface area contributed by atoms with Gasteiger partial charge in [-0.1, -0.05) is 17.3 Å². The van der Waals surface area contributed by atoms with Gasteiger partial charge in [-0.05, 0) is 25.1 Å². The van der Waals surface area contributed by atoms with Crippen LogP contribution in [0.4, 0.5) is 5.69 Å². The van der Waals surface area contributed by atoms with Gasteiger partial charge in [0.2, 0.25) is 23.4 Å². The van der Waals surface area contributed by atoms with E-state index in [4.69, 9.17) is 9.26 Å². The molecule has 154 valence electrons. The van der Waals surface area contributed by atoms with Crippen LogP contribution in [0.25, 0.3) is 11.6 Å². The second kappa shape index (κ2) is 8.78. The Hall–Kier alpha value is -3.66. The molecule has 1 amide bonds. The molecule has 1 aromatic carbocycles. The summed E-state index contributed by atoms with van der Waals surface area (Å²) in [6.45, 7) is 3.42. The van der Waals surface area contributed by atoms with Gasteiger partial charge in [0.1, 0.15) is 0 Å². The van der Waals surface area contributed by atoms with Crippen LogP contribution in [-0.4, -0.2) is 63.1 Å². The Morgan fingerprint density at radius 3 is 2.70 bits per heavy atom. The van der Waals surface area contributed by atoms with E-state index < -0.39 is 5.97 Å². The molecule has 10 nitrogen and oxygen atoms in total.